The fourth-order valence-corrected chi connectivity index (χ4v) is 3.08. The Balaban J connectivity index is 1.93. The first-order chi connectivity index (χ1) is 11.8. The molecule has 3 heteroatoms. The van der Waals surface area contributed by atoms with Crippen molar-refractivity contribution in [1.29, 1.82) is 0 Å². The summed E-state index contributed by atoms with van der Waals surface area (Å²) in [6.07, 6.45) is 8.52. The van der Waals surface area contributed by atoms with Gasteiger partial charge in [-0.15, -0.1) is 10.2 Å². The van der Waals surface area contributed by atoms with Crippen molar-refractivity contribution in [3.05, 3.63) is 78.4 Å². The highest BCUT2D eigenvalue weighted by atomic mass is 15.3. The number of benzene rings is 2. The van der Waals surface area contributed by atoms with Crippen molar-refractivity contribution >= 4 is 5.70 Å². The van der Waals surface area contributed by atoms with Crippen LogP contribution in [0.25, 0.3) is 28.5 Å². The molecule has 0 saturated carbocycles. The lowest BCUT2D eigenvalue weighted by Crippen LogP contribution is -2.04. The van der Waals surface area contributed by atoms with Crippen LogP contribution in [0.5, 0.6) is 0 Å². The van der Waals surface area contributed by atoms with E-state index in [4.69, 9.17) is 0 Å². The molecule has 0 fully saturated rings. The topological polar surface area (TPSA) is 30.7 Å². The lowest BCUT2D eigenvalue weighted by atomic mass is 10.1. The molecule has 0 aliphatic heterocycles. The van der Waals surface area contributed by atoms with Crippen molar-refractivity contribution in [2.45, 2.75) is 19.8 Å². The molecule has 0 atom stereocenters. The van der Waals surface area contributed by atoms with Crippen LogP contribution in [-0.2, 0) is 0 Å². The van der Waals surface area contributed by atoms with Gasteiger partial charge in [-0.05, 0) is 31.9 Å². The van der Waals surface area contributed by atoms with Gasteiger partial charge in [0.05, 0.1) is 0 Å². The molecular weight excluding hydrogens is 294 g/mol. The van der Waals surface area contributed by atoms with Crippen molar-refractivity contribution in [2.75, 3.05) is 0 Å². The van der Waals surface area contributed by atoms with Crippen molar-refractivity contribution in [1.82, 2.24) is 14.8 Å². The smallest absolute Gasteiger partial charge is 0.168 e. The molecule has 0 radical (unpaired) electrons. The predicted molar refractivity (Wildman–Crippen MR) is 98.3 cm³/mol. The summed E-state index contributed by atoms with van der Waals surface area (Å²) in [5, 5.41) is 9.04. The third-order valence-corrected chi connectivity index (χ3v) is 4.25. The van der Waals surface area contributed by atoms with E-state index in [9.17, 15) is 0 Å². The summed E-state index contributed by atoms with van der Waals surface area (Å²) in [5.41, 5.74) is 4.64. The summed E-state index contributed by atoms with van der Waals surface area (Å²) in [6, 6.07) is 18.7. The maximum Gasteiger partial charge on any atom is 0.168 e. The normalized spacial score (nSPS) is 13.8. The Kier molecular flexibility index (Phi) is 3.83. The molecule has 0 amide bonds. The summed E-state index contributed by atoms with van der Waals surface area (Å²) in [7, 11) is 0. The molecule has 1 aromatic heterocycles. The van der Waals surface area contributed by atoms with Gasteiger partial charge in [0, 0.05) is 16.8 Å². The van der Waals surface area contributed by atoms with E-state index in [0.29, 0.717) is 0 Å². The van der Waals surface area contributed by atoms with E-state index in [1.165, 1.54) is 11.3 Å². The lowest BCUT2D eigenvalue weighted by molar-refractivity contribution is 0.946. The molecule has 3 aromatic rings. The van der Waals surface area contributed by atoms with E-state index >= 15 is 0 Å². The fourth-order valence-electron chi connectivity index (χ4n) is 3.08. The Hall–Kier alpha value is -2.94. The SMILES string of the molecule is Cc1cccc(-c2nnc(-c3ccccc3)n2C2=CC=CCC2)c1. The minimum atomic E-state index is 0.897. The first kappa shape index (κ1) is 14.6. The standard InChI is InChI=1S/C21H19N3/c1-16-9-8-12-18(15-16)21-23-22-20(17-10-4-2-5-11-17)24(21)19-13-6-3-7-14-19/h2-6,8-13,15H,7,14H2,1H3. The molecule has 0 spiro atoms. The summed E-state index contributed by atoms with van der Waals surface area (Å²) in [5.74, 6) is 1.80. The van der Waals surface area contributed by atoms with Gasteiger partial charge in [-0.25, -0.2) is 0 Å². The molecule has 0 unspecified atom stereocenters. The Morgan fingerprint density at radius 2 is 1.62 bits per heavy atom. The fraction of sp³-hybridized carbons (Fsp3) is 0.143. The molecule has 118 valence electrons. The minimum Gasteiger partial charge on any atom is -0.279 e. The second-order valence-electron chi connectivity index (χ2n) is 6.04. The second-order valence-corrected chi connectivity index (χ2v) is 6.04. The van der Waals surface area contributed by atoms with Crippen LogP contribution in [0.4, 0.5) is 0 Å². The van der Waals surface area contributed by atoms with E-state index in [2.05, 4.69) is 76.3 Å². The van der Waals surface area contributed by atoms with Crippen molar-refractivity contribution < 1.29 is 0 Å². The maximum absolute atomic E-state index is 4.53. The number of aryl methyl sites for hydroxylation is 1. The van der Waals surface area contributed by atoms with Crippen LogP contribution < -0.4 is 0 Å². The molecule has 1 aliphatic rings. The molecule has 0 N–H and O–H groups in total. The Morgan fingerprint density at radius 1 is 0.875 bits per heavy atom. The maximum atomic E-state index is 4.53. The number of hydrogen-bond acceptors (Lipinski definition) is 2. The van der Waals surface area contributed by atoms with E-state index in [1.54, 1.807) is 0 Å². The van der Waals surface area contributed by atoms with Crippen LogP contribution in [0.3, 0.4) is 0 Å². The van der Waals surface area contributed by atoms with E-state index in [0.717, 1.165) is 35.6 Å². The molecule has 2 aromatic carbocycles. The number of rotatable bonds is 3. The van der Waals surface area contributed by atoms with Crippen LogP contribution in [0, 0.1) is 6.92 Å². The molecule has 24 heavy (non-hydrogen) atoms. The lowest BCUT2D eigenvalue weighted by Gasteiger charge is -2.16. The van der Waals surface area contributed by atoms with Gasteiger partial charge < -0.3 is 0 Å². The summed E-state index contributed by atoms with van der Waals surface area (Å²) in [6.45, 7) is 2.10. The number of aromatic nitrogens is 3. The Labute approximate surface area is 142 Å². The van der Waals surface area contributed by atoms with Gasteiger partial charge in [0.2, 0.25) is 0 Å². The largest absolute Gasteiger partial charge is 0.279 e. The monoisotopic (exact) mass is 313 g/mol. The van der Waals surface area contributed by atoms with Crippen LogP contribution in [0.2, 0.25) is 0 Å². The van der Waals surface area contributed by atoms with E-state index in [-0.39, 0.29) is 0 Å². The van der Waals surface area contributed by atoms with Gasteiger partial charge in [-0.2, -0.15) is 0 Å². The van der Waals surface area contributed by atoms with Gasteiger partial charge in [0.15, 0.2) is 11.6 Å². The highest BCUT2D eigenvalue weighted by Crippen LogP contribution is 2.31. The molecular formula is C21H19N3. The molecule has 4 rings (SSSR count). The van der Waals surface area contributed by atoms with Gasteiger partial charge in [-0.3, -0.25) is 4.57 Å². The zero-order chi connectivity index (χ0) is 16.4. The van der Waals surface area contributed by atoms with Crippen LogP contribution in [-0.4, -0.2) is 14.8 Å². The highest BCUT2D eigenvalue weighted by Gasteiger charge is 2.18. The molecule has 0 saturated heterocycles. The van der Waals surface area contributed by atoms with Gasteiger partial charge in [0.25, 0.3) is 0 Å². The highest BCUT2D eigenvalue weighted by molar-refractivity contribution is 5.71. The van der Waals surface area contributed by atoms with Crippen LogP contribution in [0.1, 0.15) is 18.4 Å². The Bertz CT molecular complexity index is 917. The summed E-state index contributed by atoms with van der Waals surface area (Å²) in [4.78, 5) is 0. The van der Waals surface area contributed by atoms with Gasteiger partial charge in [0.1, 0.15) is 0 Å². The molecule has 0 bridgehead atoms. The first-order valence-corrected chi connectivity index (χ1v) is 8.27. The second kappa shape index (κ2) is 6.28. The summed E-state index contributed by atoms with van der Waals surface area (Å²) < 4.78 is 2.20. The summed E-state index contributed by atoms with van der Waals surface area (Å²) >= 11 is 0. The zero-order valence-electron chi connectivity index (χ0n) is 13.7. The van der Waals surface area contributed by atoms with Crippen molar-refractivity contribution in [2.24, 2.45) is 0 Å². The Morgan fingerprint density at radius 3 is 2.33 bits per heavy atom. The third-order valence-electron chi connectivity index (χ3n) is 4.25. The predicted octanol–water partition coefficient (Wildman–Crippen LogP) is 5.11. The molecule has 1 heterocycles. The molecule has 1 aliphatic carbocycles. The zero-order valence-corrected chi connectivity index (χ0v) is 13.7. The van der Waals surface area contributed by atoms with Crippen molar-refractivity contribution in [3.8, 4) is 22.8 Å². The van der Waals surface area contributed by atoms with Gasteiger partial charge in [-0.1, -0.05) is 66.2 Å². The third kappa shape index (κ3) is 2.69. The number of allylic oxidation sites excluding steroid dienone is 4. The van der Waals surface area contributed by atoms with Crippen LogP contribution >= 0.6 is 0 Å². The quantitative estimate of drug-likeness (QED) is 0.672. The number of nitrogens with zero attached hydrogens (tertiary/aromatic N) is 3. The molecule has 3 nitrogen and oxygen atoms in total. The average molecular weight is 313 g/mol. The number of hydrogen-bond donors (Lipinski definition) is 0. The minimum absolute atomic E-state index is 0.897. The average Bonchev–Trinajstić information content (AvgIpc) is 3.08. The first-order valence-electron chi connectivity index (χ1n) is 8.27. The van der Waals surface area contributed by atoms with Crippen molar-refractivity contribution in [3.63, 3.8) is 0 Å². The van der Waals surface area contributed by atoms with E-state index < -0.39 is 0 Å². The van der Waals surface area contributed by atoms with Crippen LogP contribution in [0.15, 0.2) is 72.8 Å². The van der Waals surface area contributed by atoms with E-state index in [1.807, 2.05) is 18.2 Å². The van der Waals surface area contributed by atoms with Gasteiger partial charge >= 0.3 is 0 Å².